The first kappa shape index (κ1) is 10.8. The normalized spacial score (nSPS) is 10.4. The van der Waals surface area contributed by atoms with Crippen molar-refractivity contribution in [2.24, 2.45) is 5.73 Å². The van der Waals surface area contributed by atoms with Crippen molar-refractivity contribution in [3.63, 3.8) is 0 Å². The minimum absolute atomic E-state index is 0.260. The zero-order valence-corrected chi connectivity index (χ0v) is 9.07. The second-order valence-corrected chi connectivity index (χ2v) is 3.67. The van der Waals surface area contributed by atoms with E-state index in [2.05, 4.69) is 4.98 Å². The fourth-order valence-corrected chi connectivity index (χ4v) is 1.64. The number of hydrogen-bond donors (Lipinski definition) is 1. The van der Waals surface area contributed by atoms with Gasteiger partial charge in [-0.2, -0.15) is 0 Å². The number of halogens is 1. The standard InChI is InChI=1S/C13H13FN2/c1-9-5-6-11(8-15)13(16-9)10-3-2-4-12(14)7-10/h2-7H,8,15H2,1H3. The van der Waals surface area contributed by atoms with Crippen LogP contribution in [0.15, 0.2) is 36.4 Å². The van der Waals surface area contributed by atoms with Crippen LogP contribution in [-0.4, -0.2) is 4.98 Å². The molecule has 0 aliphatic rings. The third-order valence-electron chi connectivity index (χ3n) is 2.44. The highest BCUT2D eigenvalue weighted by molar-refractivity contribution is 5.63. The van der Waals surface area contributed by atoms with Gasteiger partial charge in [0, 0.05) is 17.8 Å². The lowest BCUT2D eigenvalue weighted by molar-refractivity contribution is 0.628. The molecular formula is C13H13FN2. The van der Waals surface area contributed by atoms with Gasteiger partial charge in [-0.05, 0) is 30.7 Å². The van der Waals surface area contributed by atoms with E-state index in [0.717, 1.165) is 22.5 Å². The zero-order valence-electron chi connectivity index (χ0n) is 9.07. The first-order chi connectivity index (χ1) is 7.70. The number of rotatable bonds is 2. The van der Waals surface area contributed by atoms with Gasteiger partial charge < -0.3 is 5.73 Å². The predicted octanol–water partition coefficient (Wildman–Crippen LogP) is 2.65. The van der Waals surface area contributed by atoms with Crippen LogP contribution in [0.3, 0.4) is 0 Å². The molecule has 0 saturated carbocycles. The van der Waals surface area contributed by atoms with Gasteiger partial charge in [-0.15, -0.1) is 0 Å². The molecule has 0 spiro atoms. The average molecular weight is 216 g/mol. The molecule has 2 nitrogen and oxygen atoms in total. The van der Waals surface area contributed by atoms with Gasteiger partial charge in [0.25, 0.3) is 0 Å². The Bertz CT molecular complexity index is 509. The third kappa shape index (κ3) is 2.09. The fourth-order valence-electron chi connectivity index (χ4n) is 1.64. The average Bonchev–Trinajstić information content (AvgIpc) is 2.29. The first-order valence-corrected chi connectivity index (χ1v) is 5.13. The van der Waals surface area contributed by atoms with E-state index in [-0.39, 0.29) is 5.82 Å². The van der Waals surface area contributed by atoms with Crippen molar-refractivity contribution in [1.29, 1.82) is 0 Å². The van der Waals surface area contributed by atoms with Gasteiger partial charge in [0.1, 0.15) is 5.82 Å². The Morgan fingerprint density at radius 3 is 2.75 bits per heavy atom. The maximum absolute atomic E-state index is 13.1. The minimum Gasteiger partial charge on any atom is -0.326 e. The zero-order chi connectivity index (χ0) is 11.5. The smallest absolute Gasteiger partial charge is 0.123 e. The molecule has 3 heteroatoms. The second-order valence-electron chi connectivity index (χ2n) is 3.67. The maximum atomic E-state index is 13.1. The Kier molecular flexibility index (Phi) is 2.97. The summed E-state index contributed by atoms with van der Waals surface area (Å²) in [6, 6.07) is 10.2. The van der Waals surface area contributed by atoms with Crippen LogP contribution in [0.1, 0.15) is 11.3 Å². The van der Waals surface area contributed by atoms with E-state index in [1.54, 1.807) is 6.07 Å². The van der Waals surface area contributed by atoms with Gasteiger partial charge in [-0.25, -0.2) is 4.39 Å². The molecule has 0 radical (unpaired) electrons. The lowest BCUT2D eigenvalue weighted by Gasteiger charge is -2.08. The van der Waals surface area contributed by atoms with Crippen molar-refractivity contribution >= 4 is 0 Å². The fraction of sp³-hybridized carbons (Fsp3) is 0.154. The maximum Gasteiger partial charge on any atom is 0.123 e. The van der Waals surface area contributed by atoms with E-state index >= 15 is 0 Å². The number of pyridine rings is 1. The molecule has 0 atom stereocenters. The van der Waals surface area contributed by atoms with Gasteiger partial charge in [-0.1, -0.05) is 18.2 Å². The molecule has 0 saturated heterocycles. The Hall–Kier alpha value is -1.74. The number of aromatic nitrogens is 1. The van der Waals surface area contributed by atoms with Crippen LogP contribution >= 0.6 is 0 Å². The monoisotopic (exact) mass is 216 g/mol. The predicted molar refractivity (Wildman–Crippen MR) is 62.3 cm³/mol. The van der Waals surface area contributed by atoms with Gasteiger partial charge in [-0.3, -0.25) is 4.98 Å². The summed E-state index contributed by atoms with van der Waals surface area (Å²) in [7, 11) is 0. The molecule has 2 rings (SSSR count). The molecule has 0 aliphatic carbocycles. The highest BCUT2D eigenvalue weighted by Gasteiger charge is 2.06. The number of hydrogen-bond acceptors (Lipinski definition) is 2. The molecule has 1 heterocycles. The largest absolute Gasteiger partial charge is 0.326 e. The highest BCUT2D eigenvalue weighted by atomic mass is 19.1. The first-order valence-electron chi connectivity index (χ1n) is 5.13. The summed E-state index contributed by atoms with van der Waals surface area (Å²) in [5, 5.41) is 0. The molecular weight excluding hydrogens is 203 g/mol. The van der Waals surface area contributed by atoms with Crippen molar-refractivity contribution in [2.45, 2.75) is 13.5 Å². The van der Waals surface area contributed by atoms with E-state index < -0.39 is 0 Å². The Morgan fingerprint density at radius 1 is 1.25 bits per heavy atom. The number of nitrogens with zero attached hydrogens (tertiary/aromatic N) is 1. The Labute approximate surface area is 93.9 Å². The second kappa shape index (κ2) is 4.41. The molecule has 0 amide bonds. The third-order valence-corrected chi connectivity index (χ3v) is 2.44. The molecule has 0 bridgehead atoms. The van der Waals surface area contributed by atoms with Crippen molar-refractivity contribution in [3.8, 4) is 11.3 Å². The molecule has 82 valence electrons. The molecule has 0 aliphatic heterocycles. The van der Waals surface area contributed by atoms with Crippen molar-refractivity contribution in [1.82, 2.24) is 4.98 Å². The van der Waals surface area contributed by atoms with Crippen LogP contribution < -0.4 is 5.73 Å². The van der Waals surface area contributed by atoms with Crippen molar-refractivity contribution in [3.05, 3.63) is 53.5 Å². The van der Waals surface area contributed by atoms with E-state index in [0.29, 0.717) is 6.54 Å². The quantitative estimate of drug-likeness (QED) is 0.838. The number of benzene rings is 1. The summed E-state index contributed by atoms with van der Waals surface area (Å²) >= 11 is 0. The van der Waals surface area contributed by atoms with E-state index in [9.17, 15) is 4.39 Å². The van der Waals surface area contributed by atoms with Crippen LogP contribution in [-0.2, 0) is 6.54 Å². The van der Waals surface area contributed by atoms with Crippen LogP contribution in [0.5, 0.6) is 0 Å². The Morgan fingerprint density at radius 2 is 2.06 bits per heavy atom. The Balaban J connectivity index is 2.58. The minimum atomic E-state index is -0.260. The van der Waals surface area contributed by atoms with Crippen LogP contribution in [0.2, 0.25) is 0 Å². The highest BCUT2D eigenvalue weighted by Crippen LogP contribution is 2.22. The SMILES string of the molecule is Cc1ccc(CN)c(-c2cccc(F)c2)n1. The van der Waals surface area contributed by atoms with Gasteiger partial charge in [0.15, 0.2) is 0 Å². The van der Waals surface area contributed by atoms with Gasteiger partial charge in [0.2, 0.25) is 0 Å². The van der Waals surface area contributed by atoms with Crippen molar-refractivity contribution < 1.29 is 4.39 Å². The van der Waals surface area contributed by atoms with E-state index in [1.807, 2.05) is 25.1 Å². The molecule has 1 aromatic carbocycles. The van der Waals surface area contributed by atoms with Crippen LogP contribution in [0.25, 0.3) is 11.3 Å². The summed E-state index contributed by atoms with van der Waals surface area (Å²) < 4.78 is 13.1. The lowest BCUT2D eigenvalue weighted by Crippen LogP contribution is -2.01. The van der Waals surface area contributed by atoms with E-state index in [1.165, 1.54) is 12.1 Å². The summed E-state index contributed by atoms with van der Waals surface area (Å²) in [5.41, 5.74) is 9.00. The van der Waals surface area contributed by atoms with Crippen molar-refractivity contribution in [2.75, 3.05) is 0 Å². The molecule has 0 fully saturated rings. The molecule has 0 unspecified atom stereocenters. The molecule has 2 aromatic rings. The van der Waals surface area contributed by atoms with E-state index in [4.69, 9.17) is 5.73 Å². The topological polar surface area (TPSA) is 38.9 Å². The van der Waals surface area contributed by atoms with Gasteiger partial charge in [0.05, 0.1) is 5.69 Å². The number of aryl methyl sites for hydroxylation is 1. The van der Waals surface area contributed by atoms with Gasteiger partial charge >= 0.3 is 0 Å². The molecule has 16 heavy (non-hydrogen) atoms. The summed E-state index contributed by atoms with van der Waals surface area (Å²) in [4.78, 5) is 4.41. The molecule has 2 N–H and O–H groups in total. The number of nitrogens with two attached hydrogens (primary N) is 1. The van der Waals surface area contributed by atoms with Crippen LogP contribution in [0.4, 0.5) is 4.39 Å². The lowest BCUT2D eigenvalue weighted by atomic mass is 10.1. The molecule has 1 aromatic heterocycles. The summed E-state index contributed by atoms with van der Waals surface area (Å²) in [5.74, 6) is -0.260. The van der Waals surface area contributed by atoms with Crippen LogP contribution in [0, 0.1) is 12.7 Å². The summed E-state index contributed by atoms with van der Waals surface area (Å²) in [6.45, 7) is 2.31. The summed E-state index contributed by atoms with van der Waals surface area (Å²) in [6.07, 6.45) is 0.